The summed E-state index contributed by atoms with van der Waals surface area (Å²) in [5.74, 6) is 0.564. The lowest BCUT2D eigenvalue weighted by molar-refractivity contribution is 0.868. The number of aromatic amines is 1. The predicted octanol–water partition coefficient (Wildman–Crippen LogP) is 3.84. The highest BCUT2D eigenvalue weighted by atomic mass is 14.7. The third-order valence-electron chi connectivity index (χ3n) is 3.09. The quantitative estimate of drug-likeness (QED) is 0.649. The van der Waals surface area contributed by atoms with Crippen LogP contribution in [0, 0.1) is 0 Å². The Kier molecular flexibility index (Phi) is 1.96. The van der Waals surface area contributed by atoms with E-state index in [1.807, 2.05) is 18.5 Å². The summed E-state index contributed by atoms with van der Waals surface area (Å²) in [4.78, 5) is 7.61. The second kappa shape index (κ2) is 3.34. The summed E-state index contributed by atoms with van der Waals surface area (Å²) < 4.78 is 0. The highest BCUT2D eigenvalue weighted by molar-refractivity contribution is 6.06. The Morgan fingerprint density at radius 2 is 1.94 bits per heavy atom. The molecule has 0 bridgehead atoms. The van der Waals surface area contributed by atoms with Gasteiger partial charge in [-0.3, -0.25) is 4.98 Å². The van der Waals surface area contributed by atoms with E-state index in [0.717, 1.165) is 5.52 Å². The summed E-state index contributed by atoms with van der Waals surface area (Å²) in [5.41, 5.74) is 3.73. The second-order valence-corrected chi connectivity index (χ2v) is 4.51. The zero-order chi connectivity index (χ0) is 11.1. The molecule has 0 radical (unpaired) electrons. The number of rotatable bonds is 1. The Bertz CT molecular complexity index is 650. The average molecular weight is 210 g/mol. The van der Waals surface area contributed by atoms with Gasteiger partial charge < -0.3 is 4.98 Å². The molecule has 0 unspecified atom stereocenters. The highest BCUT2D eigenvalue weighted by Crippen LogP contribution is 2.27. The molecular formula is C14H14N2. The molecule has 2 aromatic heterocycles. The largest absolute Gasteiger partial charge is 0.354 e. The lowest BCUT2D eigenvalue weighted by Crippen LogP contribution is -1.85. The van der Waals surface area contributed by atoms with Crippen molar-refractivity contribution in [2.75, 3.05) is 0 Å². The molecule has 0 saturated heterocycles. The minimum absolute atomic E-state index is 0.564. The number of H-pyrrole nitrogens is 1. The van der Waals surface area contributed by atoms with Gasteiger partial charge in [0.1, 0.15) is 0 Å². The van der Waals surface area contributed by atoms with E-state index in [4.69, 9.17) is 0 Å². The van der Waals surface area contributed by atoms with E-state index in [2.05, 4.69) is 42.0 Å². The number of hydrogen-bond acceptors (Lipinski definition) is 1. The van der Waals surface area contributed by atoms with E-state index in [9.17, 15) is 0 Å². The fourth-order valence-corrected chi connectivity index (χ4v) is 2.12. The number of hydrogen-bond donors (Lipinski definition) is 1. The van der Waals surface area contributed by atoms with Gasteiger partial charge in [0.05, 0.1) is 0 Å². The fourth-order valence-electron chi connectivity index (χ4n) is 2.12. The molecule has 1 aromatic carbocycles. The van der Waals surface area contributed by atoms with Crippen molar-refractivity contribution in [2.24, 2.45) is 0 Å². The molecule has 0 aliphatic carbocycles. The number of pyridine rings is 1. The van der Waals surface area contributed by atoms with Gasteiger partial charge in [0, 0.05) is 34.2 Å². The van der Waals surface area contributed by atoms with Crippen LogP contribution in [0.15, 0.2) is 36.7 Å². The van der Waals surface area contributed by atoms with Crippen LogP contribution in [0.4, 0.5) is 0 Å². The van der Waals surface area contributed by atoms with Gasteiger partial charge in [-0.15, -0.1) is 0 Å². The standard InChI is InChI=1S/C14H14N2/c1-9(2)10-3-4-11-12-8-15-6-5-13(12)16-14(11)7-10/h3-9,16H,1-2H3. The van der Waals surface area contributed by atoms with Crippen LogP contribution in [0.5, 0.6) is 0 Å². The van der Waals surface area contributed by atoms with E-state index < -0.39 is 0 Å². The van der Waals surface area contributed by atoms with Crippen molar-refractivity contribution in [1.82, 2.24) is 9.97 Å². The first-order chi connectivity index (χ1) is 7.75. The molecule has 0 amide bonds. The Morgan fingerprint density at radius 1 is 1.06 bits per heavy atom. The minimum Gasteiger partial charge on any atom is -0.354 e. The minimum atomic E-state index is 0.564. The summed E-state index contributed by atoms with van der Waals surface area (Å²) >= 11 is 0. The van der Waals surface area contributed by atoms with Crippen LogP contribution in [-0.2, 0) is 0 Å². The molecule has 16 heavy (non-hydrogen) atoms. The summed E-state index contributed by atoms with van der Waals surface area (Å²) in [5, 5.41) is 2.46. The summed E-state index contributed by atoms with van der Waals surface area (Å²) in [6.45, 7) is 4.43. The van der Waals surface area contributed by atoms with Crippen molar-refractivity contribution >= 4 is 21.8 Å². The number of fused-ring (bicyclic) bond motifs is 3. The Morgan fingerprint density at radius 3 is 2.75 bits per heavy atom. The smallest absolute Gasteiger partial charge is 0.0495 e. The first-order valence-corrected chi connectivity index (χ1v) is 5.61. The van der Waals surface area contributed by atoms with E-state index >= 15 is 0 Å². The van der Waals surface area contributed by atoms with Crippen molar-refractivity contribution in [3.05, 3.63) is 42.2 Å². The predicted molar refractivity (Wildman–Crippen MR) is 67.7 cm³/mol. The van der Waals surface area contributed by atoms with Crippen LogP contribution in [0.3, 0.4) is 0 Å². The molecule has 0 spiro atoms. The summed E-state index contributed by atoms with van der Waals surface area (Å²) in [7, 11) is 0. The van der Waals surface area contributed by atoms with Crippen molar-refractivity contribution in [1.29, 1.82) is 0 Å². The lowest BCUT2D eigenvalue weighted by Gasteiger charge is -2.04. The maximum atomic E-state index is 4.17. The van der Waals surface area contributed by atoms with Gasteiger partial charge in [-0.05, 0) is 23.6 Å². The first kappa shape index (κ1) is 9.40. The Balaban J connectivity index is 2.37. The Hall–Kier alpha value is -1.83. The van der Waals surface area contributed by atoms with Crippen molar-refractivity contribution in [3.8, 4) is 0 Å². The van der Waals surface area contributed by atoms with Gasteiger partial charge in [0.25, 0.3) is 0 Å². The molecule has 0 aliphatic rings. The molecule has 1 N–H and O–H groups in total. The fraction of sp³-hybridized carbons (Fsp3) is 0.214. The van der Waals surface area contributed by atoms with Gasteiger partial charge in [0.15, 0.2) is 0 Å². The maximum absolute atomic E-state index is 4.17. The topological polar surface area (TPSA) is 28.7 Å². The molecular weight excluding hydrogens is 196 g/mol. The van der Waals surface area contributed by atoms with E-state index in [1.165, 1.54) is 21.9 Å². The van der Waals surface area contributed by atoms with Crippen molar-refractivity contribution in [3.63, 3.8) is 0 Å². The molecule has 80 valence electrons. The zero-order valence-corrected chi connectivity index (χ0v) is 9.49. The molecule has 0 aliphatic heterocycles. The summed E-state index contributed by atoms with van der Waals surface area (Å²) in [6.07, 6.45) is 3.74. The maximum Gasteiger partial charge on any atom is 0.0495 e. The molecule has 2 heteroatoms. The van der Waals surface area contributed by atoms with Gasteiger partial charge in [-0.2, -0.15) is 0 Å². The zero-order valence-electron chi connectivity index (χ0n) is 9.49. The van der Waals surface area contributed by atoms with Crippen molar-refractivity contribution < 1.29 is 0 Å². The van der Waals surface area contributed by atoms with E-state index in [-0.39, 0.29) is 0 Å². The Labute approximate surface area is 94.3 Å². The number of aromatic nitrogens is 2. The lowest BCUT2D eigenvalue weighted by atomic mass is 10.0. The number of nitrogens with one attached hydrogen (secondary N) is 1. The first-order valence-electron chi connectivity index (χ1n) is 5.61. The third kappa shape index (κ3) is 1.30. The van der Waals surface area contributed by atoms with Crippen LogP contribution in [0.2, 0.25) is 0 Å². The molecule has 0 fully saturated rings. The number of benzene rings is 1. The van der Waals surface area contributed by atoms with Crippen LogP contribution in [-0.4, -0.2) is 9.97 Å². The molecule has 0 saturated carbocycles. The molecule has 0 atom stereocenters. The molecule has 3 aromatic rings. The van der Waals surface area contributed by atoms with Gasteiger partial charge in [-0.1, -0.05) is 26.0 Å². The van der Waals surface area contributed by atoms with E-state index in [0.29, 0.717) is 5.92 Å². The third-order valence-corrected chi connectivity index (χ3v) is 3.09. The summed E-state index contributed by atoms with van der Waals surface area (Å²) in [6, 6.07) is 8.64. The molecule has 3 rings (SSSR count). The van der Waals surface area contributed by atoms with Crippen LogP contribution < -0.4 is 0 Å². The monoisotopic (exact) mass is 210 g/mol. The van der Waals surface area contributed by atoms with Crippen LogP contribution in [0.25, 0.3) is 21.8 Å². The second-order valence-electron chi connectivity index (χ2n) is 4.51. The van der Waals surface area contributed by atoms with Gasteiger partial charge in [0.2, 0.25) is 0 Å². The molecule has 2 heterocycles. The van der Waals surface area contributed by atoms with E-state index in [1.54, 1.807) is 0 Å². The van der Waals surface area contributed by atoms with Gasteiger partial charge in [-0.25, -0.2) is 0 Å². The average Bonchev–Trinajstić information content (AvgIpc) is 2.66. The van der Waals surface area contributed by atoms with Gasteiger partial charge >= 0.3 is 0 Å². The highest BCUT2D eigenvalue weighted by Gasteiger charge is 2.05. The molecule has 2 nitrogen and oxygen atoms in total. The van der Waals surface area contributed by atoms with Crippen LogP contribution in [0.1, 0.15) is 25.3 Å². The number of nitrogens with zero attached hydrogens (tertiary/aromatic N) is 1. The SMILES string of the molecule is CC(C)c1ccc2c(c1)[nH]c1ccncc12. The normalized spacial score (nSPS) is 11.7. The van der Waals surface area contributed by atoms with Crippen LogP contribution >= 0.6 is 0 Å². The van der Waals surface area contributed by atoms with Crippen molar-refractivity contribution in [2.45, 2.75) is 19.8 Å².